The van der Waals surface area contributed by atoms with Crippen LogP contribution in [0.25, 0.3) is 0 Å². The summed E-state index contributed by atoms with van der Waals surface area (Å²) in [6.07, 6.45) is -3.30. The summed E-state index contributed by atoms with van der Waals surface area (Å²) in [7, 11) is 0. The van der Waals surface area contributed by atoms with Crippen molar-refractivity contribution in [3.8, 4) is 0 Å². The summed E-state index contributed by atoms with van der Waals surface area (Å²) in [4.78, 5) is 11.9. The van der Waals surface area contributed by atoms with Crippen LogP contribution in [0.2, 0.25) is 0 Å². The highest BCUT2D eigenvalue weighted by Crippen LogP contribution is 2.33. The Morgan fingerprint density at radius 3 is 2.71 bits per heavy atom. The zero-order valence-corrected chi connectivity index (χ0v) is 13.6. The van der Waals surface area contributed by atoms with Crippen molar-refractivity contribution in [2.24, 2.45) is 0 Å². The molecule has 0 saturated heterocycles. The zero-order chi connectivity index (χ0) is 17.9. The Labute approximate surface area is 139 Å². The van der Waals surface area contributed by atoms with Gasteiger partial charge in [0.05, 0.1) is 11.3 Å². The summed E-state index contributed by atoms with van der Waals surface area (Å²) in [5, 5.41) is 10.5. The average Bonchev–Trinajstić information content (AvgIpc) is 2.94. The molecule has 0 spiro atoms. The Kier molecular flexibility index (Phi) is 5.47. The molecule has 0 unspecified atom stereocenters. The largest absolute Gasteiger partial charge is 0.419 e. The maximum atomic E-state index is 13.2. The van der Waals surface area contributed by atoms with Crippen molar-refractivity contribution in [3.05, 3.63) is 35.9 Å². The molecular weight excluding hydrogens is 348 g/mol. The van der Waals surface area contributed by atoms with Gasteiger partial charge in [0.25, 0.3) is 0 Å². The maximum absolute atomic E-state index is 13.2. The van der Waals surface area contributed by atoms with Crippen LogP contribution in [0.5, 0.6) is 0 Å². The van der Waals surface area contributed by atoms with Crippen molar-refractivity contribution >= 4 is 23.4 Å². The molecule has 0 saturated carbocycles. The lowest BCUT2D eigenvalue weighted by Gasteiger charge is -2.11. The summed E-state index contributed by atoms with van der Waals surface area (Å²) >= 11 is 1.10. The van der Waals surface area contributed by atoms with Crippen LogP contribution < -0.4 is 5.32 Å². The van der Waals surface area contributed by atoms with Crippen LogP contribution in [0, 0.1) is 5.82 Å². The molecule has 10 heteroatoms. The second-order valence-electron chi connectivity index (χ2n) is 5.14. The Balaban J connectivity index is 2.01. The quantitative estimate of drug-likeness (QED) is 0.650. The van der Waals surface area contributed by atoms with Gasteiger partial charge in [-0.15, -0.1) is 10.2 Å². The number of benzene rings is 1. The van der Waals surface area contributed by atoms with E-state index in [-0.39, 0.29) is 17.5 Å². The minimum atomic E-state index is -4.83. The molecule has 1 N–H and O–H groups in total. The number of thioether (sulfide) groups is 1. The molecule has 0 aliphatic carbocycles. The molecule has 2 rings (SSSR count). The normalized spacial score (nSPS) is 11.8. The first-order chi connectivity index (χ1) is 11.2. The second kappa shape index (κ2) is 7.20. The molecule has 0 bridgehead atoms. The Hall–Kier alpha value is -2.10. The fourth-order valence-corrected chi connectivity index (χ4v) is 2.68. The summed E-state index contributed by atoms with van der Waals surface area (Å²) < 4.78 is 52.9. The number of nitrogens with one attached hydrogen (secondary N) is 1. The molecule has 5 nitrogen and oxygen atoms in total. The SMILES string of the molecule is CC(C)n1cnnc1SCC(=O)Nc1ccc(F)c(C(F)(F)F)c1. The molecule has 0 aliphatic heterocycles. The van der Waals surface area contributed by atoms with E-state index >= 15 is 0 Å². The van der Waals surface area contributed by atoms with E-state index in [2.05, 4.69) is 15.5 Å². The monoisotopic (exact) mass is 362 g/mol. The molecule has 1 heterocycles. The zero-order valence-electron chi connectivity index (χ0n) is 12.8. The number of carbonyl (C=O) groups is 1. The van der Waals surface area contributed by atoms with E-state index < -0.39 is 23.5 Å². The van der Waals surface area contributed by atoms with E-state index in [1.165, 1.54) is 6.33 Å². The first-order valence-corrected chi connectivity index (χ1v) is 7.86. The number of anilines is 1. The molecule has 1 aromatic heterocycles. The Bertz CT molecular complexity index is 730. The third kappa shape index (κ3) is 4.47. The molecule has 24 heavy (non-hydrogen) atoms. The first-order valence-electron chi connectivity index (χ1n) is 6.87. The van der Waals surface area contributed by atoms with Crippen molar-refractivity contribution in [2.45, 2.75) is 31.2 Å². The minimum Gasteiger partial charge on any atom is -0.325 e. The molecule has 0 fully saturated rings. The lowest BCUT2D eigenvalue weighted by Crippen LogP contribution is -2.16. The van der Waals surface area contributed by atoms with Crippen molar-refractivity contribution in [3.63, 3.8) is 0 Å². The van der Waals surface area contributed by atoms with Crippen LogP contribution in [-0.4, -0.2) is 26.4 Å². The van der Waals surface area contributed by atoms with Crippen molar-refractivity contribution in [1.82, 2.24) is 14.8 Å². The smallest absolute Gasteiger partial charge is 0.325 e. The van der Waals surface area contributed by atoms with Gasteiger partial charge in [0.1, 0.15) is 12.1 Å². The van der Waals surface area contributed by atoms with Gasteiger partial charge in [-0.2, -0.15) is 13.2 Å². The third-order valence-electron chi connectivity index (χ3n) is 2.98. The highest BCUT2D eigenvalue weighted by Gasteiger charge is 2.34. The standard InChI is InChI=1S/C14H14F4N4OS/c1-8(2)22-7-19-21-13(22)24-6-12(23)20-9-3-4-11(15)10(5-9)14(16,17)18/h3-5,7-8H,6H2,1-2H3,(H,20,23). The summed E-state index contributed by atoms with van der Waals surface area (Å²) in [5.74, 6) is -1.98. The van der Waals surface area contributed by atoms with Gasteiger partial charge in [0, 0.05) is 11.7 Å². The molecular formula is C14H14F4N4OS. The fraction of sp³-hybridized carbons (Fsp3) is 0.357. The van der Waals surface area contributed by atoms with Crippen LogP contribution in [-0.2, 0) is 11.0 Å². The van der Waals surface area contributed by atoms with Crippen molar-refractivity contribution < 1.29 is 22.4 Å². The number of nitrogens with zero attached hydrogens (tertiary/aromatic N) is 3. The van der Waals surface area contributed by atoms with Crippen LogP contribution >= 0.6 is 11.8 Å². The van der Waals surface area contributed by atoms with E-state index in [1.54, 1.807) is 4.57 Å². The van der Waals surface area contributed by atoms with Gasteiger partial charge in [0.2, 0.25) is 5.91 Å². The van der Waals surface area contributed by atoms with Crippen LogP contribution in [0.4, 0.5) is 23.2 Å². The van der Waals surface area contributed by atoms with E-state index in [0.717, 1.165) is 17.8 Å². The molecule has 0 radical (unpaired) electrons. The molecule has 0 atom stereocenters. The lowest BCUT2D eigenvalue weighted by atomic mass is 10.2. The van der Waals surface area contributed by atoms with Crippen LogP contribution in [0.3, 0.4) is 0 Å². The maximum Gasteiger partial charge on any atom is 0.419 e. The first kappa shape index (κ1) is 18.2. The molecule has 0 aliphatic rings. The van der Waals surface area contributed by atoms with Crippen LogP contribution in [0.1, 0.15) is 25.5 Å². The van der Waals surface area contributed by atoms with Gasteiger partial charge in [-0.25, -0.2) is 4.39 Å². The van der Waals surface area contributed by atoms with E-state index in [0.29, 0.717) is 17.3 Å². The molecule has 1 amide bonds. The van der Waals surface area contributed by atoms with Gasteiger partial charge in [-0.05, 0) is 32.0 Å². The number of aromatic nitrogens is 3. The van der Waals surface area contributed by atoms with Crippen molar-refractivity contribution in [2.75, 3.05) is 11.1 Å². The van der Waals surface area contributed by atoms with Crippen LogP contribution in [0.15, 0.2) is 29.7 Å². The lowest BCUT2D eigenvalue weighted by molar-refractivity contribution is -0.140. The topological polar surface area (TPSA) is 59.8 Å². The average molecular weight is 362 g/mol. The Morgan fingerprint density at radius 2 is 2.08 bits per heavy atom. The summed E-state index contributed by atoms with van der Waals surface area (Å²) in [6, 6.07) is 2.41. The van der Waals surface area contributed by atoms with Gasteiger partial charge >= 0.3 is 6.18 Å². The number of alkyl halides is 3. The van der Waals surface area contributed by atoms with Gasteiger partial charge < -0.3 is 9.88 Å². The van der Waals surface area contributed by atoms with Gasteiger partial charge in [-0.3, -0.25) is 4.79 Å². The predicted molar refractivity (Wildman–Crippen MR) is 81.2 cm³/mol. The molecule has 130 valence electrons. The van der Waals surface area contributed by atoms with E-state index in [1.807, 2.05) is 13.8 Å². The Morgan fingerprint density at radius 1 is 1.38 bits per heavy atom. The van der Waals surface area contributed by atoms with E-state index in [9.17, 15) is 22.4 Å². The number of carbonyl (C=O) groups excluding carboxylic acids is 1. The highest BCUT2D eigenvalue weighted by molar-refractivity contribution is 7.99. The molecule has 2 aromatic rings. The fourth-order valence-electron chi connectivity index (χ4n) is 1.84. The van der Waals surface area contributed by atoms with Crippen molar-refractivity contribution in [1.29, 1.82) is 0 Å². The number of rotatable bonds is 5. The minimum absolute atomic E-state index is 0.0653. The third-order valence-corrected chi connectivity index (χ3v) is 3.94. The number of hydrogen-bond donors (Lipinski definition) is 1. The summed E-state index contributed by atoms with van der Waals surface area (Å²) in [5.41, 5.74) is -1.55. The van der Waals surface area contributed by atoms with Gasteiger partial charge in [-0.1, -0.05) is 11.8 Å². The number of halogens is 4. The molecule has 1 aromatic carbocycles. The highest BCUT2D eigenvalue weighted by atomic mass is 32.2. The van der Waals surface area contributed by atoms with Gasteiger partial charge in [0.15, 0.2) is 5.16 Å². The summed E-state index contributed by atoms with van der Waals surface area (Å²) in [6.45, 7) is 3.84. The van der Waals surface area contributed by atoms with E-state index in [4.69, 9.17) is 0 Å². The predicted octanol–water partition coefficient (Wildman–Crippen LogP) is 3.75. The number of hydrogen-bond acceptors (Lipinski definition) is 4. The number of amides is 1. The second-order valence-corrected chi connectivity index (χ2v) is 6.09.